The summed E-state index contributed by atoms with van der Waals surface area (Å²) in [5.41, 5.74) is 0. The summed E-state index contributed by atoms with van der Waals surface area (Å²) in [7, 11) is 4.09. The van der Waals surface area contributed by atoms with Gasteiger partial charge >= 0.3 is 0 Å². The van der Waals surface area contributed by atoms with E-state index in [1.807, 2.05) is 25.9 Å². The third-order valence-corrected chi connectivity index (χ3v) is 5.31. The normalized spacial score (nSPS) is 16.1. The van der Waals surface area contributed by atoms with Crippen LogP contribution in [0.15, 0.2) is 0 Å². The molecule has 0 aromatic rings. The SMILES string of the molecule is CN(C)CCSCCSP(C)(=O)O. The van der Waals surface area contributed by atoms with Crippen LogP contribution >= 0.6 is 29.7 Å². The summed E-state index contributed by atoms with van der Waals surface area (Å²) in [4.78, 5) is 11.1. The lowest BCUT2D eigenvalue weighted by molar-refractivity contribution is 0.437. The van der Waals surface area contributed by atoms with Gasteiger partial charge in [0.05, 0.1) is 0 Å². The van der Waals surface area contributed by atoms with E-state index in [1.54, 1.807) is 0 Å². The van der Waals surface area contributed by atoms with Crippen molar-refractivity contribution in [3.8, 4) is 0 Å². The minimum absolute atomic E-state index is 0.766. The van der Waals surface area contributed by atoms with Crippen molar-refractivity contribution in [2.75, 3.05) is 44.6 Å². The first-order valence-electron chi connectivity index (χ1n) is 4.09. The zero-order chi connectivity index (χ0) is 10.3. The Hall–Kier alpha value is 0.850. The van der Waals surface area contributed by atoms with Gasteiger partial charge in [0.2, 0.25) is 0 Å². The molecule has 0 heterocycles. The average Bonchev–Trinajstić information content (AvgIpc) is 1.93. The molecule has 0 radical (unpaired) electrons. The van der Waals surface area contributed by atoms with Crippen LogP contribution in [0.3, 0.4) is 0 Å². The van der Waals surface area contributed by atoms with Gasteiger partial charge in [0.15, 0.2) is 0 Å². The summed E-state index contributed by atoms with van der Waals surface area (Å²) in [5, 5.41) is 0. The molecule has 0 aliphatic carbocycles. The largest absolute Gasteiger partial charge is 0.337 e. The van der Waals surface area contributed by atoms with Crippen LogP contribution in [0.4, 0.5) is 0 Å². The molecule has 0 aromatic carbocycles. The second kappa shape index (κ2) is 7.18. The zero-order valence-corrected chi connectivity index (χ0v) is 10.9. The van der Waals surface area contributed by atoms with Crippen molar-refractivity contribution in [2.45, 2.75) is 0 Å². The number of hydrogen-bond donors (Lipinski definition) is 1. The Morgan fingerprint density at radius 3 is 2.38 bits per heavy atom. The molecule has 0 rings (SSSR count). The van der Waals surface area contributed by atoms with Crippen LogP contribution < -0.4 is 0 Å². The van der Waals surface area contributed by atoms with E-state index < -0.39 is 6.57 Å². The molecule has 1 unspecified atom stereocenters. The van der Waals surface area contributed by atoms with Crippen molar-refractivity contribution >= 4 is 29.7 Å². The molecule has 0 bridgehead atoms. The van der Waals surface area contributed by atoms with Gasteiger partial charge in [-0.25, -0.2) is 0 Å². The maximum atomic E-state index is 10.9. The van der Waals surface area contributed by atoms with Gasteiger partial charge in [-0.3, -0.25) is 4.57 Å². The third-order valence-electron chi connectivity index (χ3n) is 1.24. The molecular formula is C7H18NO2PS2. The fourth-order valence-corrected chi connectivity index (χ4v) is 4.11. The van der Waals surface area contributed by atoms with Gasteiger partial charge in [-0.1, -0.05) is 11.4 Å². The molecular weight excluding hydrogens is 225 g/mol. The number of thioether (sulfide) groups is 1. The molecule has 0 spiro atoms. The molecule has 0 amide bonds. The molecule has 0 aliphatic heterocycles. The third kappa shape index (κ3) is 12.8. The van der Waals surface area contributed by atoms with Gasteiger partial charge in [0.25, 0.3) is 6.57 Å². The van der Waals surface area contributed by atoms with E-state index in [0.29, 0.717) is 0 Å². The Morgan fingerprint density at radius 1 is 1.31 bits per heavy atom. The van der Waals surface area contributed by atoms with E-state index in [0.717, 1.165) is 23.8 Å². The molecule has 3 nitrogen and oxygen atoms in total. The lowest BCUT2D eigenvalue weighted by atomic mass is 10.7. The highest BCUT2D eigenvalue weighted by Crippen LogP contribution is 2.50. The molecule has 6 heteroatoms. The lowest BCUT2D eigenvalue weighted by Crippen LogP contribution is -2.15. The Bertz CT molecular complexity index is 172. The highest BCUT2D eigenvalue weighted by Gasteiger charge is 2.08. The van der Waals surface area contributed by atoms with Gasteiger partial charge in [0, 0.05) is 30.5 Å². The first kappa shape index (κ1) is 13.8. The van der Waals surface area contributed by atoms with Crippen molar-refractivity contribution in [3.05, 3.63) is 0 Å². The Morgan fingerprint density at radius 2 is 1.92 bits per heavy atom. The second-order valence-electron chi connectivity index (χ2n) is 3.05. The minimum Gasteiger partial charge on any atom is -0.337 e. The zero-order valence-electron chi connectivity index (χ0n) is 8.39. The molecule has 0 saturated carbocycles. The summed E-state index contributed by atoms with van der Waals surface area (Å²) in [5.74, 6) is 2.81. The van der Waals surface area contributed by atoms with E-state index in [9.17, 15) is 4.57 Å². The highest BCUT2D eigenvalue weighted by molar-refractivity contribution is 8.56. The van der Waals surface area contributed by atoms with Crippen molar-refractivity contribution in [1.29, 1.82) is 0 Å². The lowest BCUT2D eigenvalue weighted by Gasteiger charge is -2.08. The molecule has 13 heavy (non-hydrogen) atoms. The average molecular weight is 243 g/mol. The van der Waals surface area contributed by atoms with Crippen molar-refractivity contribution in [1.82, 2.24) is 4.90 Å². The van der Waals surface area contributed by atoms with E-state index in [-0.39, 0.29) is 0 Å². The van der Waals surface area contributed by atoms with E-state index in [4.69, 9.17) is 4.89 Å². The molecule has 0 fully saturated rings. The standard InChI is InChI=1S/C7H18NO2PS2/c1-8(2)4-5-12-6-7-13-11(3,9)10/h4-7H2,1-3H3,(H,9,10). The van der Waals surface area contributed by atoms with Gasteiger partial charge in [-0.2, -0.15) is 11.8 Å². The van der Waals surface area contributed by atoms with Crippen LogP contribution in [0.2, 0.25) is 0 Å². The Labute approximate surface area is 88.9 Å². The van der Waals surface area contributed by atoms with Crippen LogP contribution in [0.5, 0.6) is 0 Å². The molecule has 0 saturated heterocycles. The summed E-state index contributed by atoms with van der Waals surface area (Å²) < 4.78 is 10.9. The number of nitrogens with zero attached hydrogens (tertiary/aromatic N) is 1. The fourth-order valence-electron chi connectivity index (χ4n) is 0.615. The summed E-state index contributed by atoms with van der Waals surface area (Å²) >= 11 is 3.00. The van der Waals surface area contributed by atoms with Crippen LogP contribution in [0.25, 0.3) is 0 Å². The molecule has 0 aromatic heterocycles. The van der Waals surface area contributed by atoms with E-state index >= 15 is 0 Å². The quantitative estimate of drug-likeness (QED) is 0.545. The van der Waals surface area contributed by atoms with E-state index in [2.05, 4.69) is 4.90 Å². The number of hydrogen-bond acceptors (Lipinski definition) is 4. The Kier molecular flexibility index (Phi) is 7.65. The van der Waals surface area contributed by atoms with Gasteiger partial charge in [-0.15, -0.1) is 0 Å². The predicted molar refractivity (Wildman–Crippen MR) is 64.1 cm³/mol. The smallest absolute Gasteiger partial charge is 0.252 e. The highest BCUT2D eigenvalue weighted by atomic mass is 32.7. The van der Waals surface area contributed by atoms with Gasteiger partial charge in [-0.05, 0) is 14.1 Å². The maximum Gasteiger partial charge on any atom is 0.252 e. The van der Waals surface area contributed by atoms with Crippen molar-refractivity contribution in [3.63, 3.8) is 0 Å². The first-order valence-corrected chi connectivity index (χ1v) is 8.94. The van der Waals surface area contributed by atoms with E-state index in [1.165, 1.54) is 18.0 Å². The van der Waals surface area contributed by atoms with Gasteiger partial charge < -0.3 is 9.79 Å². The first-order chi connectivity index (χ1) is 5.92. The van der Waals surface area contributed by atoms with Crippen LogP contribution in [-0.4, -0.2) is 54.4 Å². The van der Waals surface area contributed by atoms with Crippen LogP contribution in [-0.2, 0) is 4.57 Å². The molecule has 1 N–H and O–H groups in total. The monoisotopic (exact) mass is 243 g/mol. The summed E-state index contributed by atoms with van der Waals surface area (Å²) in [6, 6.07) is 0. The topological polar surface area (TPSA) is 40.5 Å². The second-order valence-corrected chi connectivity index (χ2v) is 9.36. The van der Waals surface area contributed by atoms with Crippen LogP contribution in [0, 0.1) is 0 Å². The van der Waals surface area contributed by atoms with Gasteiger partial charge in [0.1, 0.15) is 0 Å². The Balaban J connectivity index is 3.14. The fraction of sp³-hybridized carbons (Fsp3) is 1.00. The molecule has 0 aliphatic rings. The molecule has 80 valence electrons. The van der Waals surface area contributed by atoms with Crippen LogP contribution in [0.1, 0.15) is 0 Å². The maximum absolute atomic E-state index is 10.9. The minimum atomic E-state index is -2.84. The van der Waals surface area contributed by atoms with Crippen molar-refractivity contribution in [2.24, 2.45) is 0 Å². The summed E-state index contributed by atoms with van der Waals surface area (Å²) in [6.45, 7) is -0.382. The van der Waals surface area contributed by atoms with Crippen molar-refractivity contribution < 1.29 is 9.46 Å². The number of rotatable bonds is 7. The summed E-state index contributed by atoms with van der Waals surface area (Å²) in [6.07, 6.45) is 0. The predicted octanol–water partition coefficient (Wildman–Crippen LogP) is 1.83. The molecule has 1 atom stereocenters.